The number of hydrogen-bond acceptors (Lipinski definition) is 4. The van der Waals surface area contributed by atoms with Crippen molar-refractivity contribution in [3.05, 3.63) is 0 Å². The number of nitrogens with zero attached hydrogens (tertiary/aromatic N) is 2. The lowest BCUT2D eigenvalue weighted by Gasteiger charge is -2.21. The Kier molecular flexibility index (Phi) is 11.3. The van der Waals surface area contributed by atoms with Crippen molar-refractivity contribution in [3.8, 4) is 0 Å². The van der Waals surface area contributed by atoms with E-state index in [-0.39, 0.29) is 24.0 Å². The van der Waals surface area contributed by atoms with Crippen LogP contribution in [0.25, 0.3) is 0 Å². The van der Waals surface area contributed by atoms with Crippen LogP contribution in [-0.4, -0.2) is 76.1 Å². The summed E-state index contributed by atoms with van der Waals surface area (Å²) in [4.78, 5) is 7.48. The number of aliphatic imine (C=N–C) groups is 1. The van der Waals surface area contributed by atoms with Gasteiger partial charge in [-0.3, -0.25) is 4.99 Å². The summed E-state index contributed by atoms with van der Waals surface area (Å²) in [5, 5.41) is 6.82. The number of halogens is 1. The minimum atomic E-state index is 0. The summed E-state index contributed by atoms with van der Waals surface area (Å²) < 4.78 is 11.2. The third-order valence-corrected chi connectivity index (χ3v) is 5.68. The maximum absolute atomic E-state index is 5.83. The van der Waals surface area contributed by atoms with Gasteiger partial charge in [0.25, 0.3) is 0 Å². The van der Waals surface area contributed by atoms with Crippen molar-refractivity contribution < 1.29 is 9.47 Å². The van der Waals surface area contributed by atoms with E-state index in [4.69, 9.17) is 14.5 Å². The fourth-order valence-electron chi connectivity index (χ4n) is 3.89. The highest BCUT2D eigenvalue weighted by atomic mass is 127. The monoisotopic (exact) mass is 494 g/mol. The van der Waals surface area contributed by atoms with Crippen LogP contribution < -0.4 is 10.6 Å². The van der Waals surface area contributed by atoms with Crippen molar-refractivity contribution in [2.75, 3.05) is 59.2 Å². The van der Waals surface area contributed by atoms with Gasteiger partial charge in [0, 0.05) is 58.6 Å². The molecule has 3 aliphatic rings. The fourth-order valence-corrected chi connectivity index (χ4v) is 3.89. The zero-order chi connectivity index (χ0) is 18.0. The predicted octanol–water partition coefficient (Wildman–Crippen LogP) is 2.48. The van der Waals surface area contributed by atoms with Crippen LogP contribution in [0.4, 0.5) is 0 Å². The Hall–Kier alpha value is -0.120. The Bertz CT molecular complexity index is 428. The molecule has 0 spiro atoms. The topological polar surface area (TPSA) is 58.1 Å². The first-order valence-electron chi connectivity index (χ1n) is 10.8. The highest BCUT2D eigenvalue weighted by Crippen LogP contribution is 2.31. The lowest BCUT2D eigenvalue weighted by Crippen LogP contribution is -2.38. The second-order valence-electron chi connectivity index (χ2n) is 8.01. The van der Waals surface area contributed by atoms with Crippen molar-refractivity contribution in [3.63, 3.8) is 0 Å². The predicted molar refractivity (Wildman–Crippen MR) is 121 cm³/mol. The molecule has 0 radical (unpaired) electrons. The molecule has 3 rings (SSSR count). The van der Waals surface area contributed by atoms with E-state index in [1.54, 1.807) is 0 Å². The Morgan fingerprint density at radius 2 is 1.93 bits per heavy atom. The van der Waals surface area contributed by atoms with Crippen LogP contribution in [0.5, 0.6) is 0 Å². The summed E-state index contributed by atoms with van der Waals surface area (Å²) in [6.07, 6.45) is 7.45. The molecule has 2 N–H and O–H groups in total. The Labute approximate surface area is 182 Å². The number of nitrogens with one attached hydrogen (secondary N) is 2. The maximum atomic E-state index is 5.83. The molecule has 0 aromatic heterocycles. The van der Waals surface area contributed by atoms with Gasteiger partial charge < -0.3 is 25.0 Å². The van der Waals surface area contributed by atoms with E-state index in [1.807, 2.05) is 0 Å². The average Bonchev–Trinajstić information content (AvgIpc) is 3.41. The quantitative estimate of drug-likeness (QED) is 0.212. The van der Waals surface area contributed by atoms with E-state index >= 15 is 0 Å². The number of hydrogen-bond donors (Lipinski definition) is 2. The van der Waals surface area contributed by atoms with Crippen LogP contribution in [0.2, 0.25) is 0 Å². The minimum Gasteiger partial charge on any atom is -0.381 e. The van der Waals surface area contributed by atoms with Gasteiger partial charge in [0.15, 0.2) is 5.96 Å². The Morgan fingerprint density at radius 1 is 1.11 bits per heavy atom. The molecule has 0 aromatic carbocycles. The summed E-state index contributed by atoms with van der Waals surface area (Å²) in [6.45, 7) is 10.9. The van der Waals surface area contributed by atoms with Crippen LogP contribution in [0.1, 0.15) is 45.4 Å². The lowest BCUT2D eigenvalue weighted by atomic mass is 10.0. The molecule has 0 aromatic rings. The average molecular weight is 494 g/mol. The first-order chi connectivity index (χ1) is 12.8. The van der Waals surface area contributed by atoms with Crippen molar-refractivity contribution in [2.24, 2.45) is 16.8 Å². The van der Waals surface area contributed by atoms with Crippen molar-refractivity contribution in [1.82, 2.24) is 15.5 Å². The first kappa shape index (κ1) is 23.2. The molecule has 1 unspecified atom stereocenters. The molecule has 0 amide bonds. The summed E-state index contributed by atoms with van der Waals surface area (Å²) in [6, 6.07) is 0.900. The van der Waals surface area contributed by atoms with E-state index < -0.39 is 0 Å². The van der Waals surface area contributed by atoms with Crippen molar-refractivity contribution in [2.45, 2.75) is 51.5 Å². The smallest absolute Gasteiger partial charge is 0.191 e. The second-order valence-corrected chi connectivity index (χ2v) is 8.01. The summed E-state index contributed by atoms with van der Waals surface area (Å²) in [5.74, 6) is 2.38. The minimum absolute atomic E-state index is 0. The van der Waals surface area contributed by atoms with E-state index in [9.17, 15) is 0 Å². The maximum Gasteiger partial charge on any atom is 0.191 e. The molecular formula is C20H39IN4O2. The normalized spacial score (nSPS) is 24.6. The largest absolute Gasteiger partial charge is 0.381 e. The highest BCUT2D eigenvalue weighted by Gasteiger charge is 2.34. The molecule has 27 heavy (non-hydrogen) atoms. The Morgan fingerprint density at radius 3 is 2.67 bits per heavy atom. The number of rotatable bonds is 10. The van der Waals surface area contributed by atoms with Crippen LogP contribution in [-0.2, 0) is 9.47 Å². The van der Waals surface area contributed by atoms with Crippen LogP contribution in [0, 0.1) is 11.8 Å². The van der Waals surface area contributed by atoms with Crippen LogP contribution in [0.15, 0.2) is 4.99 Å². The summed E-state index contributed by atoms with van der Waals surface area (Å²) in [7, 11) is 0. The van der Waals surface area contributed by atoms with Gasteiger partial charge in [0.2, 0.25) is 0 Å². The molecule has 2 aliphatic heterocycles. The first-order valence-corrected chi connectivity index (χ1v) is 10.8. The third-order valence-electron chi connectivity index (χ3n) is 5.68. The van der Waals surface area contributed by atoms with Gasteiger partial charge in [0.1, 0.15) is 0 Å². The summed E-state index contributed by atoms with van der Waals surface area (Å²) in [5.41, 5.74) is 0. The standard InChI is InChI=1S/C20H38N4O2.HI/c1-2-21-20(23-14-18-6-10-24(15-18)19-4-5-19)22-9-3-11-26-16-17-7-12-25-13-8-17;/h17-19H,2-16H2,1H3,(H2,21,22,23);1H. The van der Waals surface area contributed by atoms with E-state index in [0.717, 1.165) is 83.2 Å². The van der Waals surface area contributed by atoms with Gasteiger partial charge in [-0.15, -0.1) is 24.0 Å². The molecule has 0 bridgehead atoms. The fraction of sp³-hybridized carbons (Fsp3) is 0.950. The molecule has 1 saturated carbocycles. The molecule has 3 fully saturated rings. The molecule has 7 heteroatoms. The van der Waals surface area contributed by atoms with Crippen molar-refractivity contribution in [1.29, 1.82) is 0 Å². The zero-order valence-electron chi connectivity index (χ0n) is 17.0. The molecule has 1 aliphatic carbocycles. The second kappa shape index (κ2) is 13.2. The number of ether oxygens (including phenoxy) is 2. The van der Waals surface area contributed by atoms with Gasteiger partial charge >= 0.3 is 0 Å². The van der Waals surface area contributed by atoms with Gasteiger partial charge in [-0.25, -0.2) is 0 Å². The SMILES string of the molecule is CCNC(=NCC1CCN(C2CC2)C1)NCCCOCC1CCOCC1.I. The summed E-state index contributed by atoms with van der Waals surface area (Å²) >= 11 is 0. The van der Waals surface area contributed by atoms with Crippen LogP contribution in [0.3, 0.4) is 0 Å². The van der Waals surface area contributed by atoms with Gasteiger partial charge in [-0.1, -0.05) is 0 Å². The van der Waals surface area contributed by atoms with E-state index in [0.29, 0.717) is 5.92 Å². The van der Waals surface area contributed by atoms with E-state index in [2.05, 4.69) is 22.5 Å². The van der Waals surface area contributed by atoms with Gasteiger partial charge in [0.05, 0.1) is 0 Å². The Balaban J connectivity index is 0.00000261. The van der Waals surface area contributed by atoms with Crippen molar-refractivity contribution >= 4 is 29.9 Å². The molecule has 158 valence electrons. The van der Waals surface area contributed by atoms with Gasteiger partial charge in [-0.05, 0) is 63.8 Å². The lowest BCUT2D eigenvalue weighted by molar-refractivity contribution is 0.0203. The third kappa shape index (κ3) is 8.83. The van der Waals surface area contributed by atoms with E-state index in [1.165, 1.54) is 32.4 Å². The van der Waals surface area contributed by atoms with Gasteiger partial charge in [-0.2, -0.15) is 0 Å². The molecule has 1 atom stereocenters. The molecule has 2 heterocycles. The molecule has 2 saturated heterocycles. The number of likely N-dealkylation sites (tertiary alicyclic amines) is 1. The highest BCUT2D eigenvalue weighted by molar-refractivity contribution is 14.0. The number of guanidine groups is 1. The molecular weight excluding hydrogens is 455 g/mol. The molecule has 6 nitrogen and oxygen atoms in total. The zero-order valence-corrected chi connectivity index (χ0v) is 19.3. The van der Waals surface area contributed by atoms with Crippen LogP contribution >= 0.6 is 24.0 Å².